The van der Waals surface area contributed by atoms with Crippen LogP contribution < -0.4 is 5.73 Å². The molecule has 1 aromatic rings. The zero-order valence-electron chi connectivity index (χ0n) is 11.6. The smallest absolute Gasteiger partial charge is 0.303 e. The molecule has 5 nitrogen and oxygen atoms in total. The fourth-order valence-corrected chi connectivity index (χ4v) is 1.86. The molecule has 4 N–H and O–H groups in total. The topological polar surface area (TPSA) is 92.8 Å². The van der Waals surface area contributed by atoms with Crippen LogP contribution >= 0.6 is 0 Å². The molecule has 0 aromatic heterocycles. The first-order chi connectivity index (χ1) is 9.59. The largest absolute Gasteiger partial charge is 0.481 e. The molecule has 0 radical (unpaired) electrons. The maximum atomic E-state index is 10.4. The van der Waals surface area contributed by atoms with Crippen LogP contribution in [0, 0.1) is 0 Å². The molecule has 20 heavy (non-hydrogen) atoms. The van der Waals surface area contributed by atoms with Gasteiger partial charge in [0.25, 0.3) is 0 Å². The highest BCUT2D eigenvalue weighted by Crippen LogP contribution is 2.07. The molecule has 0 heterocycles. The Bertz CT molecular complexity index is 383. The van der Waals surface area contributed by atoms with Gasteiger partial charge in [0.1, 0.15) is 0 Å². The molecular weight excluding hydrogens is 258 g/mol. The van der Waals surface area contributed by atoms with E-state index in [0.29, 0.717) is 32.5 Å². The Kier molecular flexibility index (Phi) is 7.87. The molecule has 0 aliphatic heterocycles. The third kappa shape index (κ3) is 7.23. The van der Waals surface area contributed by atoms with Crippen molar-refractivity contribution >= 4 is 5.97 Å². The van der Waals surface area contributed by atoms with Gasteiger partial charge in [-0.2, -0.15) is 0 Å². The van der Waals surface area contributed by atoms with Crippen molar-refractivity contribution in [1.82, 2.24) is 0 Å². The number of carboxylic acids is 1. The van der Waals surface area contributed by atoms with Crippen LogP contribution in [0.5, 0.6) is 0 Å². The minimum absolute atomic E-state index is 0.0112. The van der Waals surface area contributed by atoms with Crippen molar-refractivity contribution in [2.75, 3.05) is 6.61 Å². The maximum Gasteiger partial charge on any atom is 0.303 e. The van der Waals surface area contributed by atoms with Crippen molar-refractivity contribution in [2.24, 2.45) is 5.73 Å². The van der Waals surface area contributed by atoms with E-state index in [1.807, 2.05) is 30.3 Å². The van der Waals surface area contributed by atoms with Gasteiger partial charge in [-0.05, 0) is 24.8 Å². The number of carboxylic acid groups (broad SMARTS) is 1. The van der Waals surface area contributed by atoms with E-state index in [9.17, 15) is 9.90 Å². The van der Waals surface area contributed by atoms with E-state index in [0.717, 1.165) is 5.56 Å². The Labute approximate surface area is 119 Å². The van der Waals surface area contributed by atoms with Crippen LogP contribution in [0.4, 0.5) is 0 Å². The summed E-state index contributed by atoms with van der Waals surface area (Å²) < 4.78 is 5.50. The average molecular weight is 281 g/mol. The first-order valence-electron chi connectivity index (χ1n) is 6.86. The molecule has 2 atom stereocenters. The normalized spacial score (nSPS) is 13.9. The highest BCUT2D eigenvalue weighted by molar-refractivity contribution is 5.66. The molecule has 0 fully saturated rings. The first kappa shape index (κ1) is 16.6. The van der Waals surface area contributed by atoms with Gasteiger partial charge in [-0.1, -0.05) is 30.3 Å². The quantitative estimate of drug-likeness (QED) is 0.566. The Balaban J connectivity index is 2.06. The van der Waals surface area contributed by atoms with Gasteiger partial charge < -0.3 is 20.7 Å². The summed E-state index contributed by atoms with van der Waals surface area (Å²) in [6.45, 7) is 1.11. The minimum atomic E-state index is -0.890. The molecule has 1 aromatic carbocycles. The highest BCUT2D eigenvalue weighted by atomic mass is 16.5. The Hall–Kier alpha value is -1.43. The number of rotatable bonds is 10. The molecule has 112 valence electrons. The zero-order valence-corrected chi connectivity index (χ0v) is 11.6. The molecule has 0 bridgehead atoms. The molecule has 0 saturated carbocycles. The summed E-state index contributed by atoms with van der Waals surface area (Å²) in [5.74, 6) is -0.890. The standard InChI is InChI=1S/C15H23NO4/c16-13(8-9-15(18)19)14(17)7-4-10-20-11-12-5-2-1-3-6-12/h1-3,5-6,13-14,17H,4,7-11,16H2,(H,18,19). The summed E-state index contributed by atoms with van der Waals surface area (Å²) in [6.07, 6.45) is 0.837. The Morgan fingerprint density at radius 3 is 2.60 bits per heavy atom. The predicted molar refractivity (Wildman–Crippen MR) is 76.2 cm³/mol. The van der Waals surface area contributed by atoms with E-state index in [2.05, 4.69) is 0 Å². The van der Waals surface area contributed by atoms with Crippen molar-refractivity contribution in [1.29, 1.82) is 0 Å². The number of hydrogen-bond acceptors (Lipinski definition) is 4. The van der Waals surface area contributed by atoms with E-state index in [1.54, 1.807) is 0 Å². The summed E-state index contributed by atoms with van der Waals surface area (Å²) in [6, 6.07) is 9.39. The Morgan fingerprint density at radius 2 is 1.95 bits per heavy atom. The molecule has 2 unspecified atom stereocenters. The van der Waals surface area contributed by atoms with Crippen molar-refractivity contribution in [3.63, 3.8) is 0 Å². The summed E-state index contributed by atoms with van der Waals surface area (Å²) in [7, 11) is 0. The van der Waals surface area contributed by atoms with Crippen molar-refractivity contribution < 1.29 is 19.7 Å². The number of ether oxygens (including phenoxy) is 1. The second-order valence-electron chi connectivity index (χ2n) is 4.84. The van der Waals surface area contributed by atoms with Crippen LogP contribution in [0.1, 0.15) is 31.2 Å². The summed E-state index contributed by atoms with van der Waals surface area (Å²) in [5.41, 5.74) is 6.83. The molecule has 0 saturated heterocycles. The van der Waals surface area contributed by atoms with E-state index < -0.39 is 18.1 Å². The van der Waals surface area contributed by atoms with Crippen LogP contribution in [-0.4, -0.2) is 34.9 Å². The van der Waals surface area contributed by atoms with Crippen molar-refractivity contribution in [3.8, 4) is 0 Å². The van der Waals surface area contributed by atoms with Crippen LogP contribution in [0.2, 0.25) is 0 Å². The summed E-state index contributed by atoms with van der Waals surface area (Å²) in [4.78, 5) is 10.4. The number of benzene rings is 1. The number of nitrogens with two attached hydrogens (primary N) is 1. The third-order valence-electron chi connectivity index (χ3n) is 3.09. The molecule has 5 heteroatoms. The lowest BCUT2D eigenvalue weighted by molar-refractivity contribution is -0.137. The average Bonchev–Trinajstić information content (AvgIpc) is 2.45. The van der Waals surface area contributed by atoms with Gasteiger partial charge in [0.2, 0.25) is 0 Å². The number of aliphatic hydroxyl groups is 1. The SMILES string of the molecule is NC(CCC(=O)O)C(O)CCCOCc1ccccc1. The molecule has 0 aliphatic rings. The number of aliphatic carboxylic acids is 1. The monoisotopic (exact) mass is 281 g/mol. The molecule has 0 spiro atoms. The molecule has 0 aliphatic carbocycles. The van der Waals surface area contributed by atoms with Crippen LogP contribution in [0.15, 0.2) is 30.3 Å². The maximum absolute atomic E-state index is 10.4. The predicted octanol–water partition coefficient (Wildman–Crippen LogP) is 1.54. The lowest BCUT2D eigenvalue weighted by atomic mass is 10.0. The lowest BCUT2D eigenvalue weighted by Crippen LogP contribution is -2.35. The van der Waals surface area contributed by atoms with Gasteiger partial charge in [0.05, 0.1) is 12.7 Å². The van der Waals surface area contributed by atoms with Crippen molar-refractivity contribution in [2.45, 2.75) is 44.4 Å². The Morgan fingerprint density at radius 1 is 1.25 bits per heavy atom. The van der Waals surface area contributed by atoms with Crippen molar-refractivity contribution in [3.05, 3.63) is 35.9 Å². The second-order valence-corrected chi connectivity index (χ2v) is 4.84. The van der Waals surface area contributed by atoms with Crippen LogP contribution in [0.3, 0.4) is 0 Å². The lowest BCUT2D eigenvalue weighted by Gasteiger charge is -2.17. The second kappa shape index (κ2) is 9.47. The number of aliphatic hydroxyl groups excluding tert-OH is 1. The third-order valence-corrected chi connectivity index (χ3v) is 3.09. The fraction of sp³-hybridized carbons (Fsp3) is 0.533. The minimum Gasteiger partial charge on any atom is -0.481 e. The molecular formula is C15H23NO4. The van der Waals surface area contributed by atoms with Gasteiger partial charge in [0.15, 0.2) is 0 Å². The van der Waals surface area contributed by atoms with Gasteiger partial charge in [-0.3, -0.25) is 4.79 Å². The van der Waals surface area contributed by atoms with E-state index in [1.165, 1.54) is 0 Å². The van der Waals surface area contributed by atoms with E-state index >= 15 is 0 Å². The molecule has 1 rings (SSSR count). The van der Waals surface area contributed by atoms with E-state index in [-0.39, 0.29) is 6.42 Å². The number of carbonyl (C=O) groups is 1. The summed E-state index contributed by atoms with van der Waals surface area (Å²) in [5, 5.41) is 18.3. The van der Waals surface area contributed by atoms with Gasteiger partial charge in [0, 0.05) is 19.1 Å². The number of hydrogen-bond donors (Lipinski definition) is 3. The van der Waals surface area contributed by atoms with Crippen LogP contribution in [0.25, 0.3) is 0 Å². The highest BCUT2D eigenvalue weighted by Gasteiger charge is 2.15. The van der Waals surface area contributed by atoms with Gasteiger partial charge in [-0.25, -0.2) is 0 Å². The van der Waals surface area contributed by atoms with Gasteiger partial charge >= 0.3 is 5.97 Å². The zero-order chi connectivity index (χ0) is 14.8. The van der Waals surface area contributed by atoms with Gasteiger partial charge in [-0.15, -0.1) is 0 Å². The summed E-state index contributed by atoms with van der Waals surface area (Å²) >= 11 is 0. The fourth-order valence-electron chi connectivity index (χ4n) is 1.86. The van der Waals surface area contributed by atoms with Crippen LogP contribution in [-0.2, 0) is 16.1 Å². The first-order valence-corrected chi connectivity index (χ1v) is 6.86. The molecule has 0 amide bonds. The van der Waals surface area contributed by atoms with E-state index in [4.69, 9.17) is 15.6 Å².